The summed E-state index contributed by atoms with van der Waals surface area (Å²) in [4.78, 5) is 29.3. The van der Waals surface area contributed by atoms with Crippen LogP contribution in [0.25, 0.3) is 0 Å². The Morgan fingerprint density at radius 3 is 0.875 bits per heavy atom. The number of hydrogen-bond acceptors (Lipinski definition) is 4. The van der Waals surface area contributed by atoms with Crippen LogP contribution in [-0.4, -0.2) is 115 Å². The molecular weight excluding hydrogens is 300 g/mol. The summed E-state index contributed by atoms with van der Waals surface area (Å²) in [5.74, 6) is 0. The average Bonchev–Trinajstić information content (AvgIpc) is 0.722. The van der Waals surface area contributed by atoms with E-state index in [1.165, 1.54) is 0 Å². The molecular formula is H8BaCaO4PSi. The Bertz CT molecular complexity index is 31.5. The van der Waals surface area contributed by atoms with Gasteiger partial charge in [-0.05, 0) is 0 Å². The van der Waals surface area contributed by atoms with Gasteiger partial charge in [-0.1, -0.05) is 0 Å². The van der Waals surface area contributed by atoms with E-state index < -0.39 is 9.05 Å². The largest absolute Gasteiger partial charge is 0 e. The van der Waals surface area contributed by atoms with Gasteiger partial charge in [0.1, 0.15) is 0 Å². The van der Waals surface area contributed by atoms with Gasteiger partial charge in [0.15, 0.2) is 0 Å². The van der Waals surface area contributed by atoms with Crippen LogP contribution in [0.1, 0.15) is 0 Å². The second kappa shape index (κ2) is 10.3. The van der Waals surface area contributed by atoms with Gasteiger partial charge >= 0.3 is 95.7 Å². The van der Waals surface area contributed by atoms with Crippen LogP contribution in [0.3, 0.4) is 0 Å². The summed E-state index contributed by atoms with van der Waals surface area (Å²) in [5.41, 5.74) is 0. The van der Waals surface area contributed by atoms with E-state index in [-0.39, 0.29) is 96.5 Å². The van der Waals surface area contributed by atoms with Gasteiger partial charge in [0.25, 0.3) is 0 Å². The summed E-state index contributed by atoms with van der Waals surface area (Å²) < 4.78 is 0. The molecule has 8 heavy (non-hydrogen) atoms. The van der Waals surface area contributed by atoms with Crippen molar-refractivity contribution in [2.75, 3.05) is 0 Å². The maximum Gasteiger partial charge on any atom is 0 e. The number of rotatable bonds is 0. The summed E-state index contributed by atoms with van der Waals surface area (Å²) in [5, 5.41) is 0. The first-order valence-corrected chi connectivity index (χ1v) is 2.68. The summed E-state index contributed by atoms with van der Waals surface area (Å²) >= 11 is 0. The zero-order chi connectivity index (χ0) is 4.50. The van der Waals surface area contributed by atoms with E-state index in [9.17, 15) is 0 Å². The van der Waals surface area contributed by atoms with Crippen molar-refractivity contribution in [3.63, 3.8) is 0 Å². The summed E-state index contributed by atoms with van der Waals surface area (Å²) in [6, 6.07) is 0. The molecule has 0 aliphatic carbocycles. The first-order valence-electron chi connectivity index (χ1n) is 0.894. The molecule has 0 unspecified atom stereocenters. The Balaban J connectivity index is -0.0000000267. The smallest absolute Gasteiger partial charge is 0 e. The van der Waals surface area contributed by atoms with Gasteiger partial charge in [-0.25, -0.2) is 0 Å². The third-order valence-corrected chi connectivity index (χ3v) is 0. The van der Waals surface area contributed by atoms with Crippen LogP contribution >= 0.6 is 9.90 Å². The summed E-state index contributed by atoms with van der Waals surface area (Å²) in [7, 11) is -4.61. The van der Waals surface area contributed by atoms with E-state index in [4.69, 9.17) is 19.2 Å². The average molecular weight is 309 g/mol. The molecule has 0 saturated heterocycles. The minimum absolute atomic E-state index is 0. The molecule has 0 spiro atoms. The molecule has 4 nitrogen and oxygen atoms in total. The SMILES string of the molecule is O[Si](O)(O)O.[BaH2].[CaH2].[P]. The van der Waals surface area contributed by atoms with E-state index >= 15 is 0 Å². The van der Waals surface area contributed by atoms with Crippen LogP contribution in [0.15, 0.2) is 0 Å². The molecule has 0 rings (SSSR count). The van der Waals surface area contributed by atoms with Crippen molar-refractivity contribution in [3.8, 4) is 0 Å². The number of hydrogen-bond donors (Lipinski definition) is 4. The van der Waals surface area contributed by atoms with Crippen LogP contribution in [0, 0.1) is 0 Å². The predicted octanol–water partition coefficient (Wildman–Crippen LogP) is -3.58. The maximum absolute atomic E-state index is 7.33. The summed E-state index contributed by atoms with van der Waals surface area (Å²) in [6.07, 6.45) is 0. The molecule has 0 aliphatic rings. The van der Waals surface area contributed by atoms with Gasteiger partial charge < -0.3 is 19.2 Å². The van der Waals surface area contributed by atoms with Crippen molar-refractivity contribution in [2.24, 2.45) is 0 Å². The molecule has 0 fully saturated rings. The van der Waals surface area contributed by atoms with Crippen molar-refractivity contribution in [1.82, 2.24) is 0 Å². The molecule has 0 aliphatic heterocycles. The Morgan fingerprint density at radius 1 is 0.875 bits per heavy atom. The molecule has 0 heterocycles. The molecule has 45 valence electrons. The molecule has 0 bridgehead atoms. The van der Waals surface area contributed by atoms with E-state index in [0.717, 1.165) is 0 Å². The van der Waals surface area contributed by atoms with Gasteiger partial charge in [-0.3, -0.25) is 0 Å². The fourth-order valence-electron chi connectivity index (χ4n) is 0. The molecule has 0 aromatic heterocycles. The summed E-state index contributed by atoms with van der Waals surface area (Å²) in [6.45, 7) is 0. The van der Waals surface area contributed by atoms with Crippen molar-refractivity contribution in [3.05, 3.63) is 0 Å². The zero-order valence-corrected chi connectivity index (χ0v) is 4.63. The van der Waals surface area contributed by atoms with Crippen LogP contribution in [0.5, 0.6) is 0 Å². The minimum atomic E-state index is -4.61. The first kappa shape index (κ1) is 22.5. The van der Waals surface area contributed by atoms with E-state index in [1.54, 1.807) is 0 Å². The standard InChI is InChI=1S/Ba.Ca.H4O4Si.P.4H/c;;1-5(2,3)4;;;;;/h;;1-4H;;;;;. The molecule has 0 saturated carbocycles. The molecule has 0 atom stereocenters. The molecule has 0 amide bonds. The normalized spacial score (nSPS) is 7.50. The van der Waals surface area contributed by atoms with Crippen LogP contribution < -0.4 is 0 Å². The van der Waals surface area contributed by atoms with E-state index in [0.29, 0.717) is 0 Å². The van der Waals surface area contributed by atoms with Gasteiger partial charge in [0.2, 0.25) is 0 Å². The second-order valence-electron chi connectivity index (χ2n) is 0.600. The fourth-order valence-corrected chi connectivity index (χ4v) is 0. The van der Waals surface area contributed by atoms with Crippen molar-refractivity contribution in [1.29, 1.82) is 0 Å². The fraction of sp³-hybridized carbons (Fsp3) is 0. The van der Waals surface area contributed by atoms with Gasteiger partial charge in [0.05, 0.1) is 0 Å². The topological polar surface area (TPSA) is 80.9 Å². The maximum atomic E-state index is 7.33. The third kappa shape index (κ3) is 58.6. The Hall–Kier alpha value is 3.32. The van der Waals surface area contributed by atoms with Gasteiger partial charge in [-0.2, -0.15) is 0 Å². The van der Waals surface area contributed by atoms with Crippen molar-refractivity contribution < 1.29 is 19.2 Å². The van der Waals surface area contributed by atoms with Gasteiger partial charge in [0, 0.05) is 9.90 Å². The molecule has 4 N–H and O–H groups in total. The molecule has 3 radical (unpaired) electrons. The Morgan fingerprint density at radius 2 is 0.875 bits per heavy atom. The van der Waals surface area contributed by atoms with E-state index in [1.807, 2.05) is 0 Å². The van der Waals surface area contributed by atoms with Crippen LogP contribution in [0.2, 0.25) is 0 Å². The van der Waals surface area contributed by atoms with Gasteiger partial charge in [-0.15, -0.1) is 0 Å². The van der Waals surface area contributed by atoms with Crippen molar-refractivity contribution >= 4 is 106 Å². The first-order chi connectivity index (χ1) is 2.00. The third-order valence-electron chi connectivity index (χ3n) is 0. The Labute approximate surface area is 122 Å². The Kier molecular flexibility index (Phi) is 29.0. The molecule has 0 aromatic rings. The van der Waals surface area contributed by atoms with Crippen LogP contribution in [-0.2, 0) is 0 Å². The monoisotopic (exact) mass is 309 g/mol. The molecule has 0 aromatic carbocycles. The zero-order valence-electron chi connectivity index (χ0n) is 2.74. The molecule has 8 heteroatoms. The van der Waals surface area contributed by atoms with E-state index in [2.05, 4.69) is 0 Å². The quantitative estimate of drug-likeness (QED) is 0.276. The van der Waals surface area contributed by atoms with Crippen LogP contribution in [0.4, 0.5) is 0 Å². The minimum Gasteiger partial charge on any atom is 0 e. The second-order valence-corrected chi connectivity index (χ2v) is 1.80. The van der Waals surface area contributed by atoms with Crippen molar-refractivity contribution in [2.45, 2.75) is 0 Å². The predicted molar refractivity (Wildman–Crippen MR) is 38.6 cm³/mol.